The van der Waals surface area contributed by atoms with E-state index in [0.29, 0.717) is 16.7 Å². The maximum Gasteiger partial charge on any atom is 0.280 e. The molecule has 2 aromatic carbocycles. The van der Waals surface area contributed by atoms with Gasteiger partial charge in [0.15, 0.2) is 5.82 Å². The van der Waals surface area contributed by atoms with E-state index >= 15 is 0 Å². The topological polar surface area (TPSA) is 73.8 Å². The van der Waals surface area contributed by atoms with Gasteiger partial charge >= 0.3 is 0 Å². The molecule has 2 aromatic heterocycles. The van der Waals surface area contributed by atoms with Gasteiger partial charge < -0.3 is 5.84 Å². The van der Waals surface area contributed by atoms with Crippen molar-refractivity contribution in [3.8, 4) is 11.4 Å². The Morgan fingerprint density at radius 3 is 2.55 bits per heavy atom. The molecule has 0 saturated heterocycles. The summed E-state index contributed by atoms with van der Waals surface area (Å²) in [6.45, 7) is 0. The fraction of sp³-hybridized carbons (Fsp3) is 0. The number of nitrogen functional groups attached to an aromatic ring is 1. The second-order valence-electron chi connectivity index (χ2n) is 5.01. The first-order chi connectivity index (χ1) is 10.8. The molecule has 0 atom stereocenters. The lowest BCUT2D eigenvalue weighted by Crippen LogP contribution is -2.29. The molecule has 0 saturated carbocycles. The van der Waals surface area contributed by atoms with Crippen LogP contribution in [0.15, 0.2) is 65.6 Å². The molecule has 4 rings (SSSR count). The third-order valence-corrected chi connectivity index (χ3v) is 3.68. The molecule has 2 heterocycles. The zero-order chi connectivity index (χ0) is 15.1. The van der Waals surface area contributed by atoms with Crippen LogP contribution < -0.4 is 11.4 Å². The van der Waals surface area contributed by atoms with E-state index in [1.807, 2.05) is 48.5 Å². The number of benzene rings is 2. The lowest BCUT2D eigenvalue weighted by Gasteiger charge is -2.10. The first kappa shape index (κ1) is 12.5. The quantitative estimate of drug-likeness (QED) is 0.431. The average Bonchev–Trinajstić information content (AvgIpc) is 2.58. The van der Waals surface area contributed by atoms with E-state index in [2.05, 4.69) is 9.97 Å². The Morgan fingerprint density at radius 2 is 1.73 bits per heavy atom. The van der Waals surface area contributed by atoms with Crippen LogP contribution in [-0.2, 0) is 0 Å². The Kier molecular flexibility index (Phi) is 2.66. The van der Waals surface area contributed by atoms with Gasteiger partial charge in [-0.25, -0.2) is 9.66 Å². The van der Waals surface area contributed by atoms with E-state index in [9.17, 15) is 4.79 Å². The smallest absolute Gasteiger partial charge is 0.280 e. The Labute approximate surface area is 125 Å². The van der Waals surface area contributed by atoms with Crippen LogP contribution in [0.2, 0.25) is 0 Å². The van der Waals surface area contributed by atoms with Crippen LogP contribution in [0.3, 0.4) is 0 Å². The maximum absolute atomic E-state index is 12.5. The molecule has 4 aromatic rings. The lowest BCUT2D eigenvalue weighted by atomic mass is 10.1. The minimum atomic E-state index is -0.269. The molecule has 0 aliphatic heterocycles. The van der Waals surface area contributed by atoms with Gasteiger partial charge in [-0.2, -0.15) is 0 Å². The molecule has 106 valence electrons. The van der Waals surface area contributed by atoms with Crippen molar-refractivity contribution in [1.29, 1.82) is 0 Å². The molecular weight excluding hydrogens is 276 g/mol. The van der Waals surface area contributed by atoms with E-state index in [0.717, 1.165) is 21.1 Å². The van der Waals surface area contributed by atoms with Crippen molar-refractivity contribution in [3.05, 3.63) is 71.1 Å². The Bertz CT molecular complexity index is 1050. The zero-order valence-corrected chi connectivity index (χ0v) is 11.6. The predicted octanol–water partition coefficient (Wildman–Crippen LogP) is 2.33. The summed E-state index contributed by atoms with van der Waals surface area (Å²) >= 11 is 0. The van der Waals surface area contributed by atoms with Gasteiger partial charge in [0, 0.05) is 17.1 Å². The molecule has 5 nitrogen and oxygen atoms in total. The Balaban J connectivity index is 2.18. The molecule has 0 radical (unpaired) electrons. The van der Waals surface area contributed by atoms with Crippen molar-refractivity contribution >= 4 is 21.8 Å². The minimum Gasteiger partial charge on any atom is -0.334 e. The summed E-state index contributed by atoms with van der Waals surface area (Å²) in [5, 5.41) is 1.33. The third-order valence-electron chi connectivity index (χ3n) is 3.68. The molecule has 0 amide bonds. The highest BCUT2D eigenvalue weighted by atomic mass is 16.1. The zero-order valence-electron chi connectivity index (χ0n) is 11.6. The first-order valence-electron chi connectivity index (χ1n) is 6.87. The van der Waals surface area contributed by atoms with E-state index in [-0.39, 0.29) is 5.56 Å². The van der Waals surface area contributed by atoms with Gasteiger partial charge in [-0.1, -0.05) is 30.3 Å². The monoisotopic (exact) mass is 288 g/mol. The molecule has 0 bridgehead atoms. The van der Waals surface area contributed by atoms with E-state index in [1.54, 1.807) is 12.3 Å². The molecule has 0 aliphatic carbocycles. The highest BCUT2D eigenvalue weighted by Gasteiger charge is 2.12. The van der Waals surface area contributed by atoms with Crippen molar-refractivity contribution in [2.45, 2.75) is 0 Å². The summed E-state index contributed by atoms with van der Waals surface area (Å²) in [4.78, 5) is 21.5. The number of pyridine rings is 1. The van der Waals surface area contributed by atoms with Crippen LogP contribution in [0.25, 0.3) is 33.2 Å². The van der Waals surface area contributed by atoms with Crippen molar-refractivity contribution < 1.29 is 0 Å². The predicted molar refractivity (Wildman–Crippen MR) is 86.9 cm³/mol. The number of nitrogens with zero attached hydrogens (tertiary/aromatic N) is 3. The fourth-order valence-corrected chi connectivity index (χ4v) is 2.61. The highest BCUT2D eigenvalue weighted by molar-refractivity contribution is 6.03. The molecule has 0 aliphatic rings. The van der Waals surface area contributed by atoms with Crippen LogP contribution in [0.1, 0.15) is 0 Å². The first-order valence-corrected chi connectivity index (χ1v) is 6.87. The van der Waals surface area contributed by atoms with Gasteiger partial charge in [-0.05, 0) is 24.3 Å². The second kappa shape index (κ2) is 4.66. The van der Waals surface area contributed by atoms with Gasteiger partial charge in [0.25, 0.3) is 5.56 Å². The van der Waals surface area contributed by atoms with E-state index in [1.165, 1.54) is 0 Å². The van der Waals surface area contributed by atoms with Gasteiger partial charge in [-0.15, -0.1) is 0 Å². The number of hydrogen-bond acceptors (Lipinski definition) is 4. The third kappa shape index (κ3) is 1.76. The molecule has 0 fully saturated rings. The van der Waals surface area contributed by atoms with E-state index < -0.39 is 0 Å². The van der Waals surface area contributed by atoms with Crippen molar-refractivity contribution in [1.82, 2.24) is 14.6 Å². The number of rotatable bonds is 1. The van der Waals surface area contributed by atoms with Gasteiger partial charge in [-0.3, -0.25) is 9.78 Å². The summed E-state index contributed by atoms with van der Waals surface area (Å²) in [5.74, 6) is 6.39. The lowest BCUT2D eigenvalue weighted by molar-refractivity contribution is 0.928. The van der Waals surface area contributed by atoms with Crippen LogP contribution in [0.4, 0.5) is 0 Å². The SMILES string of the molecule is Nn1c(-c2ccccc2)nc2c(ccc3ncccc32)c1=O. The standard InChI is InChI=1S/C17H12N4O/c18-21-16(11-5-2-1-3-6-11)20-15-12-7-4-10-19-14(12)9-8-13(15)17(21)22/h1-10H,18H2. The highest BCUT2D eigenvalue weighted by Crippen LogP contribution is 2.23. The van der Waals surface area contributed by atoms with Gasteiger partial charge in [0.1, 0.15) is 0 Å². The summed E-state index contributed by atoms with van der Waals surface area (Å²) < 4.78 is 1.10. The van der Waals surface area contributed by atoms with Crippen LogP contribution >= 0.6 is 0 Å². The molecule has 22 heavy (non-hydrogen) atoms. The fourth-order valence-electron chi connectivity index (χ4n) is 2.61. The summed E-state index contributed by atoms with van der Waals surface area (Å²) in [5.41, 5.74) is 1.95. The van der Waals surface area contributed by atoms with Crippen LogP contribution in [-0.4, -0.2) is 14.6 Å². The van der Waals surface area contributed by atoms with Crippen LogP contribution in [0.5, 0.6) is 0 Å². The van der Waals surface area contributed by atoms with Crippen molar-refractivity contribution in [3.63, 3.8) is 0 Å². The molecule has 5 heteroatoms. The number of fused-ring (bicyclic) bond motifs is 3. The van der Waals surface area contributed by atoms with Crippen molar-refractivity contribution in [2.24, 2.45) is 0 Å². The molecule has 2 N–H and O–H groups in total. The van der Waals surface area contributed by atoms with E-state index in [4.69, 9.17) is 5.84 Å². The van der Waals surface area contributed by atoms with Gasteiger partial charge in [0.05, 0.1) is 16.4 Å². The molecular formula is C17H12N4O. The number of hydrogen-bond donors (Lipinski definition) is 1. The summed E-state index contributed by atoms with van der Waals surface area (Å²) in [6.07, 6.45) is 1.72. The van der Waals surface area contributed by atoms with Gasteiger partial charge in [0.2, 0.25) is 0 Å². The largest absolute Gasteiger partial charge is 0.334 e. The van der Waals surface area contributed by atoms with Crippen LogP contribution in [0, 0.1) is 0 Å². The summed E-state index contributed by atoms with van der Waals surface area (Å²) in [6, 6.07) is 16.7. The van der Waals surface area contributed by atoms with Crippen molar-refractivity contribution in [2.75, 3.05) is 5.84 Å². The summed E-state index contributed by atoms with van der Waals surface area (Å²) in [7, 11) is 0. The minimum absolute atomic E-state index is 0.269. The average molecular weight is 288 g/mol. The number of nitrogens with two attached hydrogens (primary N) is 1. The molecule has 0 spiro atoms. The maximum atomic E-state index is 12.5. The second-order valence-corrected chi connectivity index (χ2v) is 5.01. The number of aromatic nitrogens is 3. The normalized spacial score (nSPS) is 11.1. The Morgan fingerprint density at radius 1 is 0.909 bits per heavy atom. The Hall–Kier alpha value is -3.21. The molecule has 0 unspecified atom stereocenters.